The third-order valence-corrected chi connectivity index (χ3v) is 3.70. The van der Waals surface area contributed by atoms with E-state index in [1.807, 2.05) is 12.1 Å². The molecule has 2 fully saturated rings. The molecule has 8 heteroatoms. The van der Waals surface area contributed by atoms with Gasteiger partial charge in [-0.2, -0.15) is 5.10 Å². The Morgan fingerprint density at radius 1 is 1.30 bits per heavy atom. The lowest BCUT2D eigenvalue weighted by atomic mass is 10.2. The van der Waals surface area contributed by atoms with Gasteiger partial charge in [-0.05, 0) is 13.0 Å². The van der Waals surface area contributed by atoms with Crippen LogP contribution in [-0.2, 0) is 19.0 Å². The topological polar surface area (TPSA) is 85.5 Å². The van der Waals surface area contributed by atoms with Gasteiger partial charge in [0.15, 0.2) is 11.7 Å². The van der Waals surface area contributed by atoms with Crippen LogP contribution < -0.4 is 10.3 Å². The fraction of sp³-hybridized carbons (Fsp3) is 0.600. The van der Waals surface area contributed by atoms with E-state index in [-0.39, 0.29) is 12.3 Å². The van der Waals surface area contributed by atoms with Crippen LogP contribution in [0.25, 0.3) is 0 Å². The molecule has 0 aliphatic carbocycles. The van der Waals surface area contributed by atoms with Crippen LogP contribution in [0.5, 0.6) is 0 Å². The van der Waals surface area contributed by atoms with Gasteiger partial charge >= 0.3 is 0 Å². The molecule has 0 unspecified atom stereocenters. The van der Waals surface area contributed by atoms with E-state index >= 15 is 0 Å². The van der Waals surface area contributed by atoms with Crippen molar-refractivity contribution in [3.8, 4) is 0 Å². The Kier molecular flexibility index (Phi) is 4.94. The molecular formula is C15H21N3O5. The normalized spacial score (nSPS) is 21.0. The number of carbonyl (C=O) groups is 1. The maximum Gasteiger partial charge on any atom is 0.245 e. The lowest BCUT2D eigenvalue weighted by Crippen LogP contribution is -2.35. The zero-order valence-corrected chi connectivity index (χ0v) is 13.1. The Bertz CT molecular complexity index is 559. The lowest BCUT2D eigenvalue weighted by Gasteiger charge is -2.26. The monoisotopic (exact) mass is 323 g/mol. The number of ether oxygens (including phenoxy) is 3. The number of hydrogen-bond acceptors (Lipinski definition) is 7. The van der Waals surface area contributed by atoms with Crippen molar-refractivity contribution in [3.05, 3.63) is 17.9 Å². The molecule has 3 heterocycles. The fourth-order valence-corrected chi connectivity index (χ4v) is 2.52. The number of morpholine rings is 1. The van der Waals surface area contributed by atoms with Crippen LogP contribution in [0.4, 0.5) is 5.88 Å². The van der Waals surface area contributed by atoms with Crippen LogP contribution in [0.15, 0.2) is 21.7 Å². The van der Waals surface area contributed by atoms with Crippen molar-refractivity contribution >= 4 is 18.0 Å². The smallest absolute Gasteiger partial charge is 0.245 e. The second kappa shape index (κ2) is 7.12. The minimum absolute atomic E-state index is 0.0987. The predicted octanol–water partition coefficient (Wildman–Crippen LogP) is 0.719. The van der Waals surface area contributed by atoms with Gasteiger partial charge < -0.3 is 23.5 Å². The molecule has 126 valence electrons. The van der Waals surface area contributed by atoms with E-state index in [1.165, 1.54) is 6.21 Å². The quantitative estimate of drug-likeness (QED) is 0.635. The summed E-state index contributed by atoms with van der Waals surface area (Å²) < 4.78 is 21.7. The Morgan fingerprint density at radius 2 is 2.04 bits per heavy atom. The average Bonchev–Trinajstić information content (AvgIpc) is 3.18. The maximum absolute atomic E-state index is 11.8. The van der Waals surface area contributed by atoms with Gasteiger partial charge in [0.2, 0.25) is 5.91 Å². The first-order valence-electron chi connectivity index (χ1n) is 7.67. The van der Waals surface area contributed by atoms with Crippen LogP contribution in [0.1, 0.15) is 19.1 Å². The molecule has 0 aromatic carbocycles. The number of nitrogens with one attached hydrogen (secondary N) is 1. The van der Waals surface area contributed by atoms with Crippen LogP contribution in [-0.4, -0.2) is 57.4 Å². The largest absolute Gasteiger partial charge is 0.440 e. The van der Waals surface area contributed by atoms with E-state index in [9.17, 15) is 4.79 Å². The molecule has 1 amide bonds. The Hall–Kier alpha value is -1.90. The van der Waals surface area contributed by atoms with Gasteiger partial charge in [0, 0.05) is 19.2 Å². The summed E-state index contributed by atoms with van der Waals surface area (Å²) in [5.74, 6) is 0.228. The third-order valence-electron chi connectivity index (χ3n) is 3.70. The summed E-state index contributed by atoms with van der Waals surface area (Å²) in [6.07, 6.45) is 1.57. The van der Waals surface area contributed by atoms with Gasteiger partial charge in [0.1, 0.15) is 5.76 Å². The molecule has 0 saturated carbocycles. The predicted molar refractivity (Wildman–Crippen MR) is 82.4 cm³/mol. The zero-order chi connectivity index (χ0) is 16.1. The van der Waals surface area contributed by atoms with Crippen LogP contribution in [0, 0.1) is 0 Å². The van der Waals surface area contributed by atoms with Crippen LogP contribution >= 0.6 is 0 Å². The number of hydrogen-bond donors (Lipinski definition) is 1. The van der Waals surface area contributed by atoms with Crippen molar-refractivity contribution in [2.75, 3.05) is 44.4 Å². The Morgan fingerprint density at radius 3 is 2.78 bits per heavy atom. The second-order valence-corrected chi connectivity index (χ2v) is 5.58. The maximum atomic E-state index is 11.8. The number of amides is 1. The third kappa shape index (κ3) is 4.31. The molecule has 0 atom stereocenters. The van der Waals surface area contributed by atoms with Crippen molar-refractivity contribution < 1.29 is 23.4 Å². The molecule has 1 aromatic heterocycles. The summed E-state index contributed by atoms with van der Waals surface area (Å²) in [6.45, 7) is 5.75. The molecule has 1 N–H and O–H groups in total. The summed E-state index contributed by atoms with van der Waals surface area (Å²) in [7, 11) is 0. The summed E-state index contributed by atoms with van der Waals surface area (Å²) >= 11 is 0. The van der Waals surface area contributed by atoms with Crippen molar-refractivity contribution in [1.82, 2.24) is 5.43 Å². The lowest BCUT2D eigenvalue weighted by molar-refractivity contribution is -0.159. The molecule has 23 heavy (non-hydrogen) atoms. The number of carbonyl (C=O) groups excluding carboxylic acids is 1. The molecule has 8 nitrogen and oxygen atoms in total. The number of anilines is 1. The minimum Gasteiger partial charge on any atom is -0.440 e. The Balaban J connectivity index is 1.48. The van der Waals surface area contributed by atoms with E-state index in [0.717, 1.165) is 19.0 Å². The van der Waals surface area contributed by atoms with E-state index in [4.69, 9.17) is 18.6 Å². The van der Waals surface area contributed by atoms with E-state index in [2.05, 4.69) is 15.4 Å². The molecule has 1 aromatic rings. The average molecular weight is 323 g/mol. The molecule has 3 rings (SSSR count). The molecule has 0 bridgehead atoms. The molecule has 2 aliphatic rings. The first-order chi connectivity index (χ1) is 11.1. The summed E-state index contributed by atoms with van der Waals surface area (Å²) in [5.41, 5.74) is 2.45. The number of rotatable bonds is 5. The number of nitrogens with zero attached hydrogens (tertiary/aromatic N) is 2. The first-order valence-corrected chi connectivity index (χ1v) is 7.67. The summed E-state index contributed by atoms with van der Waals surface area (Å²) in [5, 5.41) is 3.90. The first kappa shape index (κ1) is 16.0. The molecule has 0 radical (unpaired) electrons. The van der Waals surface area contributed by atoms with Crippen molar-refractivity contribution in [1.29, 1.82) is 0 Å². The highest BCUT2D eigenvalue weighted by molar-refractivity contribution is 5.81. The molecule has 2 aliphatic heterocycles. The molecular weight excluding hydrogens is 302 g/mol. The van der Waals surface area contributed by atoms with Gasteiger partial charge in [-0.15, -0.1) is 0 Å². The van der Waals surface area contributed by atoms with Crippen LogP contribution in [0.2, 0.25) is 0 Å². The van der Waals surface area contributed by atoms with Gasteiger partial charge in [0.25, 0.3) is 0 Å². The highest BCUT2D eigenvalue weighted by atomic mass is 16.7. The number of hydrazone groups is 1. The highest BCUT2D eigenvalue weighted by Crippen LogP contribution is 2.22. The van der Waals surface area contributed by atoms with E-state index in [1.54, 1.807) is 6.92 Å². The standard InChI is InChI=1S/C15H21N3O5/c1-15(21-8-9-22-15)10-13(19)17-16-11-12-2-3-14(23-12)18-4-6-20-7-5-18/h2-3,11H,4-10H2,1H3,(H,17,19)/b16-11-. The van der Waals surface area contributed by atoms with Gasteiger partial charge in [-0.1, -0.05) is 0 Å². The van der Waals surface area contributed by atoms with Gasteiger partial charge in [-0.3, -0.25) is 4.79 Å². The van der Waals surface area contributed by atoms with Crippen LogP contribution in [0.3, 0.4) is 0 Å². The van der Waals surface area contributed by atoms with Crippen molar-refractivity contribution in [3.63, 3.8) is 0 Å². The minimum atomic E-state index is -0.853. The van der Waals surface area contributed by atoms with E-state index in [0.29, 0.717) is 32.2 Å². The van der Waals surface area contributed by atoms with E-state index < -0.39 is 5.79 Å². The van der Waals surface area contributed by atoms with Crippen molar-refractivity contribution in [2.24, 2.45) is 5.10 Å². The van der Waals surface area contributed by atoms with Crippen molar-refractivity contribution in [2.45, 2.75) is 19.1 Å². The van der Waals surface area contributed by atoms with Gasteiger partial charge in [-0.25, -0.2) is 5.43 Å². The fourth-order valence-electron chi connectivity index (χ4n) is 2.52. The second-order valence-electron chi connectivity index (χ2n) is 5.58. The summed E-state index contributed by atoms with van der Waals surface area (Å²) in [6, 6.07) is 3.70. The van der Waals surface area contributed by atoms with Gasteiger partial charge in [0.05, 0.1) is 39.1 Å². The Labute approximate surface area is 134 Å². The SMILES string of the molecule is CC1(CC(=O)N/N=C\c2ccc(N3CCOCC3)o2)OCCO1. The molecule has 2 saturated heterocycles. The highest BCUT2D eigenvalue weighted by Gasteiger charge is 2.33. The summed E-state index contributed by atoms with van der Waals surface area (Å²) in [4.78, 5) is 13.9. The molecule has 0 spiro atoms. The zero-order valence-electron chi connectivity index (χ0n) is 13.1. The number of furan rings is 1.